The van der Waals surface area contributed by atoms with Gasteiger partial charge < -0.3 is 0 Å². The summed E-state index contributed by atoms with van der Waals surface area (Å²) in [5.74, 6) is -1.72. The minimum atomic E-state index is -4.03. The Morgan fingerprint density at radius 2 is 1.75 bits per heavy atom. The predicted octanol–water partition coefficient (Wildman–Crippen LogP) is 2.64. The van der Waals surface area contributed by atoms with Crippen molar-refractivity contribution in [2.24, 2.45) is 0 Å². The topological polar surface area (TPSA) is 74.8 Å². The molecule has 6 nitrogen and oxygen atoms in total. The molecule has 1 aliphatic rings. The summed E-state index contributed by atoms with van der Waals surface area (Å²) in [6.45, 7) is 5.27. The van der Waals surface area contributed by atoms with E-state index in [9.17, 15) is 22.4 Å². The van der Waals surface area contributed by atoms with Crippen molar-refractivity contribution in [1.82, 2.24) is 4.31 Å². The second kappa shape index (κ2) is 7.65. The highest BCUT2D eigenvalue weighted by atomic mass is 32.2. The van der Waals surface area contributed by atoms with E-state index in [2.05, 4.69) is 6.58 Å². The van der Waals surface area contributed by atoms with Gasteiger partial charge in [0.15, 0.2) is 0 Å². The van der Waals surface area contributed by atoms with E-state index in [1.807, 2.05) is 6.92 Å². The molecule has 0 bridgehead atoms. The lowest BCUT2D eigenvalue weighted by atomic mass is 10.2. The molecule has 2 amide bonds. The van der Waals surface area contributed by atoms with Crippen LogP contribution in [0.15, 0.2) is 66.1 Å². The normalized spacial score (nSPS) is 17.4. The molecule has 0 N–H and O–H groups in total. The zero-order valence-corrected chi connectivity index (χ0v) is 16.0. The number of carbonyl (C=O) groups is 2. The molecule has 8 heteroatoms. The molecule has 0 aliphatic carbocycles. The van der Waals surface area contributed by atoms with Gasteiger partial charge in [-0.25, -0.2) is 17.7 Å². The van der Waals surface area contributed by atoms with E-state index >= 15 is 0 Å². The van der Waals surface area contributed by atoms with Crippen molar-refractivity contribution in [3.8, 4) is 0 Å². The van der Waals surface area contributed by atoms with Crippen LogP contribution in [0, 0.1) is 12.7 Å². The predicted molar refractivity (Wildman–Crippen MR) is 103 cm³/mol. The van der Waals surface area contributed by atoms with E-state index in [1.165, 1.54) is 30.3 Å². The summed E-state index contributed by atoms with van der Waals surface area (Å²) in [5.41, 5.74) is 1.09. The highest BCUT2D eigenvalue weighted by Crippen LogP contribution is 2.29. The number of carbonyl (C=O) groups excluding carboxylic acids is 2. The molecule has 1 fully saturated rings. The van der Waals surface area contributed by atoms with E-state index in [1.54, 1.807) is 12.1 Å². The second-order valence-corrected chi connectivity index (χ2v) is 8.33. The number of nitrogens with zero attached hydrogens (tertiary/aromatic N) is 2. The summed E-state index contributed by atoms with van der Waals surface area (Å²) >= 11 is 0. The Bertz CT molecular complexity index is 1020. The van der Waals surface area contributed by atoms with Crippen molar-refractivity contribution < 1.29 is 22.4 Å². The van der Waals surface area contributed by atoms with Crippen LogP contribution in [-0.2, 0) is 19.6 Å². The summed E-state index contributed by atoms with van der Waals surface area (Å²) < 4.78 is 40.4. The molecule has 0 spiro atoms. The number of anilines is 1. The van der Waals surface area contributed by atoms with Gasteiger partial charge in [-0.05, 0) is 43.3 Å². The van der Waals surface area contributed by atoms with Gasteiger partial charge in [0.25, 0.3) is 5.91 Å². The van der Waals surface area contributed by atoms with E-state index in [0.29, 0.717) is 0 Å². The first-order valence-corrected chi connectivity index (χ1v) is 10.0. The third-order valence-electron chi connectivity index (χ3n) is 4.49. The molecule has 0 radical (unpaired) electrons. The fourth-order valence-corrected chi connectivity index (χ4v) is 4.62. The summed E-state index contributed by atoms with van der Waals surface area (Å²) in [5, 5.41) is 0. The van der Waals surface area contributed by atoms with E-state index in [0.717, 1.165) is 26.9 Å². The molecule has 2 aromatic rings. The van der Waals surface area contributed by atoms with Crippen LogP contribution in [0.4, 0.5) is 10.1 Å². The summed E-state index contributed by atoms with van der Waals surface area (Å²) in [6.07, 6.45) is 1.07. The first kappa shape index (κ1) is 19.9. The van der Waals surface area contributed by atoms with Gasteiger partial charge in [0.05, 0.1) is 17.0 Å². The van der Waals surface area contributed by atoms with Crippen molar-refractivity contribution in [2.45, 2.75) is 24.3 Å². The third-order valence-corrected chi connectivity index (χ3v) is 6.38. The van der Waals surface area contributed by atoms with Crippen molar-refractivity contribution in [3.05, 3.63) is 72.6 Å². The zero-order valence-electron chi connectivity index (χ0n) is 15.2. The van der Waals surface area contributed by atoms with Crippen LogP contribution in [0.2, 0.25) is 0 Å². The molecule has 3 rings (SSSR count). The summed E-state index contributed by atoms with van der Waals surface area (Å²) in [4.78, 5) is 26.3. The SMILES string of the molecule is C=CCN(C1CC(=O)N(c2ccc(F)cc2)C1=O)S(=O)(=O)c1ccc(C)cc1. The lowest BCUT2D eigenvalue weighted by Crippen LogP contribution is -2.45. The molecule has 0 aromatic heterocycles. The Morgan fingerprint density at radius 1 is 1.14 bits per heavy atom. The fourth-order valence-electron chi connectivity index (χ4n) is 3.07. The smallest absolute Gasteiger partial charge is 0.252 e. The second-order valence-electron chi connectivity index (χ2n) is 6.44. The van der Waals surface area contributed by atoms with Crippen LogP contribution in [0.25, 0.3) is 0 Å². The van der Waals surface area contributed by atoms with Gasteiger partial charge in [-0.15, -0.1) is 6.58 Å². The summed E-state index contributed by atoms with van der Waals surface area (Å²) in [6, 6.07) is 9.92. The van der Waals surface area contributed by atoms with Crippen LogP contribution in [0.3, 0.4) is 0 Å². The van der Waals surface area contributed by atoms with Gasteiger partial charge >= 0.3 is 0 Å². The lowest BCUT2D eigenvalue weighted by molar-refractivity contribution is -0.122. The Balaban J connectivity index is 1.97. The average Bonchev–Trinajstić information content (AvgIpc) is 2.95. The standard InChI is InChI=1S/C20H19FN2O4S/c1-3-12-22(28(26,27)17-10-4-14(2)5-11-17)18-13-19(24)23(20(18)25)16-8-6-15(21)7-9-16/h3-11,18H,1,12-13H2,2H3. The highest BCUT2D eigenvalue weighted by molar-refractivity contribution is 7.89. The minimum absolute atomic E-state index is 0.0282. The number of hydrogen-bond acceptors (Lipinski definition) is 4. The monoisotopic (exact) mass is 402 g/mol. The number of amides is 2. The number of hydrogen-bond donors (Lipinski definition) is 0. The van der Waals surface area contributed by atoms with E-state index < -0.39 is 33.7 Å². The maximum absolute atomic E-state index is 13.2. The van der Waals surface area contributed by atoms with E-state index in [4.69, 9.17) is 0 Å². The van der Waals surface area contributed by atoms with Gasteiger partial charge in [0.1, 0.15) is 11.9 Å². The van der Waals surface area contributed by atoms with Crippen LogP contribution >= 0.6 is 0 Å². The van der Waals surface area contributed by atoms with Crippen LogP contribution in [0.5, 0.6) is 0 Å². The first-order chi connectivity index (χ1) is 13.3. The third kappa shape index (κ3) is 3.61. The number of benzene rings is 2. The maximum atomic E-state index is 13.2. The zero-order chi connectivity index (χ0) is 20.5. The number of imide groups is 1. The van der Waals surface area contributed by atoms with Gasteiger partial charge in [-0.2, -0.15) is 4.31 Å². The Kier molecular flexibility index (Phi) is 5.44. The molecule has 28 heavy (non-hydrogen) atoms. The van der Waals surface area contributed by atoms with E-state index in [-0.39, 0.29) is 23.5 Å². The molecule has 1 atom stereocenters. The van der Waals surface area contributed by atoms with Crippen molar-refractivity contribution in [2.75, 3.05) is 11.4 Å². The molecule has 2 aromatic carbocycles. The molecule has 1 heterocycles. The fraction of sp³-hybridized carbons (Fsp3) is 0.200. The van der Waals surface area contributed by atoms with Gasteiger partial charge in [0, 0.05) is 6.54 Å². The number of halogens is 1. The maximum Gasteiger partial charge on any atom is 0.252 e. The molecule has 1 saturated heterocycles. The molecular weight excluding hydrogens is 383 g/mol. The molecule has 146 valence electrons. The first-order valence-electron chi connectivity index (χ1n) is 8.57. The van der Waals surface area contributed by atoms with Crippen LogP contribution in [-0.4, -0.2) is 37.1 Å². The molecule has 0 saturated carbocycles. The molecule has 1 aliphatic heterocycles. The quantitative estimate of drug-likeness (QED) is 0.550. The average molecular weight is 402 g/mol. The Labute approximate surface area is 162 Å². The largest absolute Gasteiger partial charge is 0.274 e. The van der Waals surface area contributed by atoms with Crippen LogP contribution < -0.4 is 4.90 Å². The number of rotatable bonds is 6. The van der Waals surface area contributed by atoms with Gasteiger partial charge in [-0.1, -0.05) is 23.8 Å². The molecular formula is C20H19FN2O4S. The Morgan fingerprint density at radius 3 is 2.32 bits per heavy atom. The van der Waals surface area contributed by atoms with Crippen LogP contribution in [0.1, 0.15) is 12.0 Å². The van der Waals surface area contributed by atoms with Crippen molar-refractivity contribution in [1.29, 1.82) is 0 Å². The Hall–Kier alpha value is -2.84. The molecule has 1 unspecified atom stereocenters. The minimum Gasteiger partial charge on any atom is -0.274 e. The number of sulfonamides is 1. The van der Waals surface area contributed by atoms with Crippen molar-refractivity contribution in [3.63, 3.8) is 0 Å². The number of aryl methyl sites for hydroxylation is 1. The summed E-state index contributed by atoms with van der Waals surface area (Å²) in [7, 11) is -4.03. The lowest BCUT2D eigenvalue weighted by Gasteiger charge is -2.25. The van der Waals surface area contributed by atoms with Gasteiger partial charge in [-0.3, -0.25) is 9.59 Å². The van der Waals surface area contributed by atoms with Gasteiger partial charge in [0.2, 0.25) is 15.9 Å². The van der Waals surface area contributed by atoms with Crippen molar-refractivity contribution >= 4 is 27.5 Å². The highest BCUT2D eigenvalue weighted by Gasteiger charge is 2.46.